The van der Waals surface area contributed by atoms with Crippen LogP contribution >= 0.6 is 0 Å². The van der Waals surface area contributed by atoms with E-state index in [2.05, 4.69) is 53.5 Å². The first kappa shape index (κ1) is 21.8. The molecule has 1 aromatic heterocycles. The molecule has 0 saturated carbocycles. The third-order valence-electron chi connectivity index (χ3n) is 6.32. The van der Waals surface area contributed by atoms with Gasteiger partial charge in [0.2, 0.25) is 5.91 Å². The zero-order valence-corrected chi connectivity index (χ0v) is 19.0. The first-order valence-corrected chi connectivity index (χ1v) is 11.2. The van der Waals surface area contributed by atoms with E-state index >= 15 is 0 Å². The summed E-state index contributed by atoms with van der Waals surface area (Å²) < 4.78 is 0. The Morgan fingerprint density at radius 1 is 1.09 bits per heavy atom. The van der Waals surface area contributed by atoms with Crippen LogP contribution in [0.5, 0.6) is 0 Å². The molecule has 1 atom stereocenters. The van der Waals surface area contributed by atoms with Crippen molar-refractivity contribution in [2.24, 2.45) is 5.92 Å². The predicted molar refractivity (Wildman–Crippen MR) is 125 cm³/mol. The molecule has 2 amide bonds. The first-order chi connectivity index (χ1) is 15.5. The minimum absolute atomic E-state index is 0.0705. The van der Waals surface area contributed by atoms with Gasteiger partial charge in [-0.05, 0) is 43.9 Å². The van der Waals surface area contributed by atoms with Gasteiger partial charge in [-0.25, -0.2) is 0 Å². The number of aromatic amines is 1. The molecule has 0 spiro atoms. The summed E-state index contributed by atoms with van der Waals surface area (Å²) in [6.45, 7) is 8.03. The molecule has 1 N–H and O–H groups in total. The maximum atomic E-state index is 13.4. The Labute approximate surface area is 189 Å². The molecule has 1 fully saturated rings. The molecule has 0 aliphatic carbocycles. The molecule has 0 radical (unpaired) electrons. The molecular formula is C26H30N4O2. The van der Waals surface area contributed by atoms with Crippen molar-refractivity contribution in [1.82, 2.24) is 20.0 Å². The smallest absolute Gasteiger partial charge is 0.257 e. The highest BCUT2D eigenvalue weighted by Gasteiger charge is 2.33. The van der Waals surface area contributed by atoms with Crippen LogP contribution in [0.1, 0.15) is 34.1 Å². The van der Waals surface area contributed by atoms with Crippen LogP contribution in [-0.2, 0) is 11.2 Å². The molecule has 2 aromatic carbocycles. The Bertz CT molecular complexity index is 1100. The number of hydrogen-bond acceptors (Lipinski definition) is 3. The molecule has 4 rings (SSSR count). The van der Waals surface area contributed by atoms with Crippen molar-refractivity contribution in [2.45, 2.75) is 27.2 Å². The molecule has 6 heteroatoms. The highest BCUT2D eigenvalue weighted by molar-refractivity contribution is 5.95. The maximum absolute atomic E-state index is 13.4. The van der Waals surface area contributed by atoms with E-state index in [1.165, 1.54) is 5.56 Å². The zero-order chi connectivity index (χ0) is 22.7. The topological polar surface area (TPSA) is 69.3 Å². The summed E-state index contributed by atoms with van der Waals surface area (Å²) >= 11 is 0. The number of aryl methyl sites for hydroxylation is 2. The third-order valence-corrected chi connectivity index (χ3v) is 6.32. The summed E-state index contributed by atoms with van der Waals surface area (Å²) in [5.41, 5.74) is 5.94. The second kappa shape index (κ2) is 9.39. The Kier molecular flexibility index (Phi) is 6.40. The molecule has 2 heterocycles. The number of benzene rings is 2. The Hall–Kier alpha value is -3.41. The van der Waals surface area contributed by atoms with Crippen molar-refractivity contribution in [3.63, 3.8) is 0 Å². The van der Waals surface area contributed by atoms with Gasteiger partial charge in [0.05, 0.1) is 17.7 Å². The fourth-order valence-electron chi connectivity index (χ4n) is 4.41. The largest absolute Gasteiger partial charge is 0.341 e. The molecule has 0 bridgehead atoms. The molecule has 1 aliphatic heterocycles. The second-order valence-corrected chi connectivity index (χ2v) is 8.50. The van der Waals surface area contributed by atoms with E-state index in [1.54, 1.807) is 6.20 Å². The van der Waals surface area contributed by atoms with Gasteiger partial charge in [-0.1, -0.05) is 54.1 Å². The summed E-state index contributed by atoms with van der Waals surface area (Å²) in [7, 11) is 0. The molecule has 166 valence electrons. The number of rotatable bonds is 5. The van der Waals surface area contributed by atoms with Gasteiger partial charge in [0, 0.05) is 31.9 Å². The maximum Gasteiger partial charge on any atom is 0.257 e. The van der Waals surface area contributed by atoms with Crippen LogP contribution in [-0.4, -0.2) is 58.0 Å². The number of nitrogens with one attached hydrogen (secondary N) is 1. The SMILES string of the molecule is CCN1CCN(C(=O)c2cn[nH]c2C)C[C@H](Cc2ccccc2-c2ccc(C)cc2)C1=O. The van der Waals surface area contributed by atoms with Crippen molar-refractivity contribution in [1.29, 1.82) is 0 Å². The number of amides is 2. The Morgan fingerprint density at radius 2 is 1.84 bits per heavy atom. The van der Waals surface area contributed by atoms with Gasteiger partial charge in [-0.2, -0.15) is 5.10 Å². The molecule has 1 saturated heterocycles. The van der Waals surface area contributed by atoms with E-state index in [9.17, 15) is 9.59 Å². The van der Waals surface area contributed by atoms with Gasteiger partial charge < -0.3 is 9.80 Å². The summed E-state index contributed by atoms with van der Waals surface area (Å²) in [5, 5.41) is 6.83. The second-order valence-electron chi connectivity index (χ2n) is 8.50. The number of aromatic nitrogens is 2. The van der Waals surface area contributed by atoms with Gasteiger partial charge in [-0.3, -0.25) is 14.7 Å². The van der Waals surface area contributed by atoms with Gasteiger partial charge in [0.1, 0.15) is 0 Å². The van der Waals surface area contributed by atoms with Crippen LogP contribution in [0, 0.1) is 19.8 Å². The van der Waals surface area contributed by atoms with Crippen molar-refractivity contribution in [2.75, 3.05) is 26.2 Å². The monoisotopic (exact) mass is 430 g/mol. The molecule has 32 heavy (non-hydrogen) atoms. The number of H-pyrrole nitrogens is 1. The van der Waals surface area contributed by atoms with E-state index in [0.29, 0.717) is 38.2 Å². The average Bonchev–Trinajstić information content (AvgIpc) is 3.17. The zero-order valence-electron chi connectivity index (χ0n) is 19.0. The van der Waals surface area contributed by atoms with Crippen LogP contribution in [0.15, 0.2) is 54.7 Å². The third kappa shape index (κ3) is 4.44. The normalized spacial score (nSPS) is 16.8. The molecular weight excluding hydrogens is 400 g/mol. The Morgan fingerprint density at radius 3 is 2.53 bits per heavy atom. The minimum atomic E-state index is -0.291. The number of carbonyl (C=O) groups is 2. The highest BCUT2D eigenvalue weighted by atomic mass is 16.2. The van der Waals surface area contributed by atoms with Crippen LogP contribution in [0.4, 0.5) is 0 Å². The summed E-state index contributed by atoms with van der Waals surface area (Å²) in [5.74, 6) is -0.246. The van der Waals surface area contributed by atoms with Gasteiger partial charge in [0.15, 0.2) is 0 Å². The summed E-state index contributed by atoms with van der Waals surface area (Å²) in [4.78, 5) is 30.2. The number of hydrogen-bond donors (Lipinski definition) is 1. The lowest BCUT2D eigenvalue weighted by Gasteiger charge is -2.24. The quantitative estimate of drug-likeness (QED) is 0.668. The molecule has 3 aromatic rings. The van der Waals surface area contributed by atoms with Crippen molar-refractivity contribution >= 4 is 11.8 Å². The van der Waals surface area contributed by atoms with Gasteiger partial charge in [0.25, 0.3) is 5.91 Å². The summed E-state index contributed by atoms with van der Waals surface area (Å²) in [6.07, 6.45) is 2.16. The van der Waals surface area contributed by atoms with E-state index in [4.69, 9.17) is 0 Å². The summed E-state index contributed by atoms with van der Waals surface area (Å²) in [6, 6.07) is 16.7. The Balaban J connectivity index is 1.64. The number of likely N-dealkylation sites (N-methyl/N-ethyl adjacent to an activating group) is 1. The van der Waals surface area contributed by atoms with Crippen LogP contribution in [0.2, 0.25) is 0 Å². The van der Waals surface area contributed by atoms with Gasteiger partial charge >= 0.3 is 0 Å². The van der Waals surface area contributed by atoms with E-state index in [1.807, 2.05) is 35.8 Å². The van der Waals surface area contributed by atoms with Crippen LogP contribution < -0.4 is 0 Å². The van der Waals surface area contributed by atoms with Crippen molar-refractivity contribution in [3.8, 4) is 11.1 Å². The molecule has 6 nitrogen and oxygen atoms in total. The van der Waals surface area contributed by atoms with Gasteiger partial charge in [-0.15, -0.1) is 0 Å². The average molecular weight is 431 g/mol. The van der Waals surface area contributed by atoms with Crippen LogP contribution in [0.25, 0.3) is 11.1 Å². The van der Waals surface area contributed by atoms with E-state index in [0.717, 1.165) is 22.4 Å². The fraction of sp³-hybridized carbons (Fsp3) is 0.346. The lowest BCUT2D eigenvalue weighted by Crippen LogP contribution is -2.38. The number of nitrogens with zero attached hydrogens (tertiary/aromatic N) is 3. The van der Waals surface area contributed by atoms with Crippen molar-refractivity contribution < 1.29 is 9.59 Å². The van der Waals surface area contributed by atoms with Crippen LogP contribution in [0.3, 0.4) is 0 Å². The highest BCUT2D eigenvalue weighted by Crippen LogP contribution is 2.28. The predicted octanol–water partition coefficient (Wildman–Crippen LogP) is 3.86. The number of carbonyl (C=O) groups excluding carboxylic acids is 2. The van der Waals surface area contributed by atoms with E-state index < -0.39 is 0 Å². The minimum Gasteiger partial charge on any atom is -0.341 e. The lowest BCUT2D eigenvalue weighted by molar-refractivity contribution is -0.134. The first-order valence-electron chi connectivity index (χ1n) is 11.2. The molecule has 0 unspecified atom stereocenters. The molecule has 1 aliphatic rings. The fourth-order valence-corrected chi connectivity index (χ4v) is 4.41. The van der Waals surface area contributed by atoms with E-state index in [-0.39, 0.29) is 17.7 Å². The lowest BCUT2D eigenvalue weighted by atomic mass is 9.91. The van der Waals surface area contributed by atoms with Crippen molar-refractivity contribution in [3.05, 3.63) is 77.1 Å². The standard InChI is InChI=1S/C26H30N4O2/c1-4-29-13-14-30(26(32)24-16-27-28-19(24)3)17-22(25(29)31)15-21-7-5-6-8-23(21)20-11-9-18(2)10-12-20/h5-12,16,22H,4,13-15,17H2,1-3H3,(H,27,28)/t22-/m0/s1.